The van der Waals surface area contributed by atoms with Crippen LogP contribution in [-0.2, 0) is 14.3 Å². The first kappa shape index (κ1) is 23.0. The van der Waals surface area contributed by atoms with Crippen molar-refractivity contribution in [2.45, 2.75) is 71.1 Å². The second kappa shape index (κ2) is 10.6. The Kier molecular flexibility index (Phi) is 7.84. The first-order chi connectivity index (χ1) is 15.0. The minimum atomic E-state index is -0.527. The summed E-state index contributed by atoms with van der Waals surface area (Å²) in [6.45, 7) is 6.57. The molecule has 3 heteroatoms. The number of hydrogen-bond donors (Lipinski definition) is 0. The van der Waals surface area contributed by atoms with Crippen LogP contribution in [0.3, 0.4) is 0 Å². The van der Waals surface area contributed by atoms with Gasteiger partial charge in [0.1, 0.15) is 0 Å². The van der Waals surface area contributed by atoms with Crippen LogP contribution in [0, 0.1) is 5.41 Å². The number of rotatable bonds is 11. The summed E-state index contributed by atoms with van der Waals surface area (Å²) >= 11 is 0. The second-order valence-electron chi connectivity index (χ2n) is 8.82. The molecule has 0 aromatic heterocycles. The summed E-state index contributed by atoms with van der Waals surface area (Å²) in [6, 6.07) is 21.1. The summed E-state index contributed by atoms with van der Waals surface area (Å²) in [5.74, 6) is -0.196. The van der Waals surface area contributed by atoms with Gasteiger partial charge in [0.2, 0.25) is 0 Å². The van der Waals surface area contributed by atoms with Crippen LogP contribution in [0.2, 0.25) is 0 Å². The van der Waals surface area contributed by atoms with Gasteiger partial charge in [-0.2, -0.15) is 0 Å². The van der Waals surface area contributed by atoms with Gasteiger partial charge in [-0.1, -0.05) is 87.9 Å². The van der Waals surface area contributed by atoms with Crippen LogP contribution in [0.5, 0.6) is 0 Å². The van der Waals surface area contributed by atoms with Crippen molar-refractivity contribution < 1.29 is 14.3 Å². The Bertz CT molecular complexity index is 900. The molecule has 0 amide bonds. The average molecular weight is 419 g/mol. The summed E-state index contributed by atoms with van der Waals surface area (Å²) in [7, 11) is 0. The molecule has 0 N–H and O–H groups in total. The highest BCUT2D eigenvalue weighted by Crippen LogP contribution is 2.47. The number of carbonyl (C=O) groups excluding carboxylic acids is 2. The van der Waals surface area contributed by atoms with Crippen molar-refractivity contribution in [3.05, 3.63) is 83.4 Å². The van der Waals surface area contributed by atoms with Gasteiger partial charge in [-0.3, -0.25) is 0 Å². The normalized spacial score (nSPS) is 17.6. The first-order valence-electron chi connectivity index (χ1n) is 11.6. The zero-order valence-corrected chi connectivity index (χ0v) is 19.0. The molecule has 2 aromatic carbocycles. The SMILES string of the molecule is CCC(CCCC(CC)(CC(C)c1ccccc1)C1=CC(=O)OC1=O)c1ccccc1. The third-order valence-electron chi connectivity index (χ3n) is 6.96. The third-order valence-corrected chi connectivity index (χ3v) is 6.96. The molecule has 0 aliphatic carbocycles. The highest BCUT2D eigenvalue weighted by molar-refractivity contribution is 6.09. The summed E-state index contributed by atoms with van der Waals surface area (Å²) in [4.78, 5) is 24.4. The molecule has 0 spiro atoms. The van der Waals surface area contributed by atoms with E-state index in [1.165, 1.54) is 17.2 Å². The number of benzene rings is 2. The number of esters is 2. The monoisotopic (exact) mass is 418 g/mol. The molecule has 0 saturated carbocycles. The molecule has 31 heavy (non-hydrogen) atoms. The van der Waals surface area contributed by atoms with Crippen molar-refractivity contribution in [3.63, 3.8) is 0 Å². The minimum absolute atomic E-state index is 0.279. The molecule has 0 bridgehead atoms. The fourth-order valence-corrected chi connectivity index (χ4v) is 5.08. The maximum absolute atomic E-state index is 12.6. The molecule has 3 nitrogen and oxygen atoms in total. The molecule has 164 valence electrons. The van der Waals surface area contributed by atoms with E-state index in [1.54, 1.807) is 0 Å². The van der Waals surface area contributed by atoms with Crippen LogP contribution in [0.25, 0.3) is 0 Å². The van der Waals surface area contributed by atoms with E-state index in [4.69, 9.17) is 4.74 Å². The smallest absolute Gasteiger partial charge is 0.342 e. The fourth-order valence-electron chi connectivity index (χ4n) is 5.08. The lowest BCUT2D eigenvalue weighted by Gasteiger charge is -2.36. The van der Waals surface area contributed by atoms with E-state index in [0.717, 1.165) is 38.5 Å². The van der Waals surface area contributed by atoms with Crippen LogP contribution in [0.4, 0.5) is 0 Å². The van der Waals surface area contributed by atoms with Gasteiger partial charge in [-0.05, 0) is 55.1 Å². The Morgan fingerprint density at radius 3 is 2.03 bits per heavy atom. The largest absolute Gasteiger partial charge is 0.386 e. The van der Waals surface area contributed by atoms with Gasteiger partial charge in [0.25, 0.3) is 0 Å². The molecular formula is C28H34O3. The molecule has 2 aromatic rings. The maximum atomic E-state index is 12.6. The molecule has 0 radical (unpaired) electrons. The summed E-state index contributed by atoms with van der Waals surface area (Å²) in [5, 5.41) is 0. The van der Waals surface area contributed by atoms with Crippen LogP contribution < -0.4 is 0 Å². The van der Waals surface area contributed by atoms with E-state index in [1.807, 2.05) is 6.07 Å². The fraction of sp³-hybridized carbons (Fsp3) is 0.429. The Morgan fingerprint density at radius 1 is 0.903 bits per heavy atom. The number of carbonyl (C=O) groups is 2. The van der Waals surface area contributed by atoms with Crippen molar-refractivity contribution in [2.24, 2.45) is 5.41 Å². The molecule has 0 fully saturated rings. The predicted octanol–water partition coefficient (Wildman–Crippen LogP) is 6.95. The topological polar surface area (TPSA) is 43.4 Å². The van der Waals surface area contributed by atoms with Gasteiger partial charge >= 0.3 is 11.9 Å². The highest BCUT2D eigenvalue weighted by Gasteiger charge is 2.42. The average Bonchev–Trinajstić information content (AvgIpc) is 3.15. The quantitative estimate of drug-likeness (QED) is 0.293. The van der Waals surface area contributed by atoms with E-state index in [-0.39, 0.29) is 11.3 Å². The van der Waals surface area contributed by atoms with Crippen LogP contribution in [-0.4, -0.2) is 11.9 Å². The minimum Gasteiger partial charge on any atom is -0.386 e. The number of cyclic esters (lactones) is 2. The van der Waals surface area contributed by atoms with Gasteiger partial charge in [0, 0.05) is 11.5 Å². The summed E-state index contributed by atoms with van der Waals surface area (Å²) < 4.78 is 4.92. The zero-order chi connectivity index (χ0) is 22.3. The maximum Gasteiger partial charge on any atom is 0.342 e. The Morgan fingerprint density at radius 2 is 1.52 bits per heavy atom. The Labute approximate surface area is 186 Å². The van der Waals surface area contributed by atoms with E-state index in [9.17, 15) is 9.59 Å². The van der Waals surface area contributed by atoms with Crippen molar-refractivity contribution in [3.8, 4) is 0 Å². The lowest BCUT2D eigenvalue weighted by atomic mass is 9.67. The van der Waals surface area contributed by atoms with E-state index in [0.29, 0.717) is 11.5 Å². The molecular weight excluding hydrogens is 384 g/mol. The van der Waals surface area contributed by atoms with Gasteiger partial charge in [0.05, 0.1) is 5.57 Å². The van der Waals surface area contributed by atoms with Crippen molar-refractivity contribution in [1.82, 2.24) is 0 Å². The Balaban J connectivity index is 1.80. The highest BCUT2D eigenvalue weighted by atomic mass is 16.6. The molecule has 3 atom stereocenters. The molecule has 3 rings (SSSR count). The van der Waals surface area contributed by atoms with Crippen LogP contribution in [0.1, 0.15) is 82.3 Å². The third kappa shape index (κ3) is 5.52. The lowest BCUT2D eigenvalue weighted by molar-refractivity contribution is -0.151. The first-order valence-corrected chi connectivity index (χ1v) is 11.6. The van der Waals surface area contributed by atoms with Crippen molar-refractivity contribution in [1.29, 1.82) is 0 Å². The van der Waals surface area contributed by atoms with Gasteiger partial charge in [-0.15, -0.1) is 0 Å². The van der Waals surface area contributed by atoms with Gasteiger partial charge in [0.15, 0.2) is 0 Å². The zero-order valence-electron chi connectivity index (χ0n) is 19.0. The lowest BCUT2D eigenvalue weighted by Crippen LogP contribution is -2.28. The molecule has 1 heterocycles. The predicted molar refractivity (Wildman–Crippen MR) is 125 cm³/mol. The molecule has 0 saturated heterocycles. The second-order valence-corrected chi connectivity index (χ2v) is 8.82. The van der Waals surface area contributed by atoms with E-state index < -0.39 is 11.9 Å². The summed E-state index contributed by atoms with van der Waals surface area (Å²) in [6.07, 6.45) is 7.10. The standard InChI is InChI=1S/C28H34O3/c1-4-22(24-15-10-7-11-16-24)17-12-18-28(5-2,25-19-26(29)31-27(25)30)20-21(3)23-13-8-6-9-14-23/h6-11,13-16,19,21-22H,4-5,12,17-18,20H2,1-3H3. The number of ether oxygens (including phenoxy) is 1. The number of hydrogen-bond acceptors (Lipinski definition) is 3. The van der Waals surface area contributed by atoms with Crippen molar-refractivity contribution in [2.75, 3.05) is 0 Å². The van der Waals surface area contributed by atoms with Gasteiger partial charge < -0.3 is 4.74 Å². The van der Waals surface area contributed by atoms with E-state index in [2.05, 4.69) is 75.4 Å². The van der Waals surface area contributed by atoms with Crippen molar-refractivity contribution >= 4 is 11.9 Å². The van der Waals surface area contributed by atoms with Crippen LogP contribution in [0.15, 0.2) is 72.3 Å². The van der Waals surface area contributed by atoms with E-state index >= 15 is 0 Å². The van der Waals surface area contributed by atoms with Crippen LogP contribution >= 0.6 is 0 Å². The molecule has 3 unspecified atom stereocenters. The van der Waals surface area contributed by atoms with Gasteiger partial charge in [-0.25, -0.2) is 9.59 Å². The molecule has 1 aliphatic rings. The summed E-state index contributed by atoms with van der Waals surface area (Å²) in [5.41, 5.74) is 2.84. The Hall–Kier alpha value is -2.68. The molecule has 1 aliphatic heterocycles.